The molecular weight excluding hydrogens is 262 g/mol. The van der Waals surface area contributed by atoms with Gasteiger partial charge in [-0.2, -0.15) is 0 Å². The van der Waals surface area contributed by atoms with Crippen molar-refractivity contribution in [2.75, 3.05) is 7.11 Å². The molecule has 1 aliphatic carbocycles. The summed E-state index contributed by atoms with van der Waals surface area (Å²) < 4.78 is 32.9. The number of benzene rings is 1. The van der Waals surface area contributed by atoms with E-state index in [2.05, 4.69) is 4.72 Å². The topological polar surface area (TPSA) is 55.4 Å². The summed E-state index contributed by atoms with van der Waals surface area (Å²) in [4.78, 5) is 0.389. The summed E-state index contributed by atoms with van der Waals surface area (Å²) in [5.41, 5.74) is 1.45. The van der Waals surface area contributed by atoms with Crippen LogP contribution in [0.25, 0.3) is 0 Å². The highest BCUT2D eigenvalue weighted by molar-refractivity contribution is 7.89. The van der Waals surface area contributed by atoms with E-state index in [0.29, 0.717) is 10.6 Å². The Morgan fingerprint density at radius 3 is 2.16 bits per heavy atom. The molecule has 0 bridgehead atoms. The van der Waals surface area contributed by atoms with Crippen LogP contribution in [0.3, 0.4) is 0 Å². The van der Waals surface area contributed by atoms with Crippen molar-refractivity contribution in [3.05, 3.63) is 23.3 Å². The second kappa shape index (κ2) is 5.51. The average Bonchev–Trinajstić information content (AvgIpc) is 2.79. The Hall–Kier alpha value is -1.07. The van der Waals surface area contributed by atoms with Crippen LogP contribution in [0.15, 0.2) is 17.0 Å². The predicted octanol–water partition coefficient (Wildman–Crippen LogP) is 2.53. The Morgan fingerprint density at radius 1 is 1.16 bits per heavy atom. The number of hydrogen-bond donors (Lipinski definition) is 1. The molecule has 0 saturated heterocycles. The van der Waals surface area contributed by atoms with E-state index in [1.807, 2.05) is 0 Å². The molecule has 0 aromatic heterocycles. The molecule has 0 aliphatic heterocycles. The molecule has 1 aliphatic rings. The second-order valence-corrected chi connectivity index (χ2v) is 6.84. The first-order chi connectivity index (χ1) is 8.94. The molecule has 0 heterocycles. The van der Waals surface area contributed by atoms with Gasteiger partial charge >= 0.3 is 0 Å². The Labute approximate surface area is 115 Å². The van der Waals surface area contributed by atoms with E-state index >= 15 is 0 Å². The summed E-state index contributed by atoms with van der Waals surface area (Å²) in [7, 11) is -1.85. The lowest BCUT2D eigenvalue weighted by molar-refractivity contribution is 0.413. The zero-order valence-corrected chi connectivity index (χ0v) is 12.5. The molecule has 106 valence electrons. The molecule has 4 nitrogen and oxygen atoms in total. The monoisotopic (exact) mass is 283 g/mol. The van der Waals surface area contributed by atoms with Crippen LogP contribution in [-0.4, -0.2) is 21.6 Å². The molecule has 0 amide bonds. The molecular formula is C14H21NO3S. The van der Waals surface area contributed by atoms with Crippen molar-refractivity contribution in [2.24, 2.45) is 0 Å². The molecule has 0 spiro atoms. The van der Waals surface area contributed by atoms with Gasteiger partial charge in [-0.05, 0) is 49.9 Å². The maximum Gasteiger partial charge on any atom is 0.241 e. The van der Waals surface area contributed by atoms with E-state index in [0.717, 1.165) is 36.8 Å². The van der Waals surface area contributed by atoms with Gasteiger partial charge in [0.1, 0.15) is 5.75 Å². The van der Waals surface area contributed by atoms with Crippen LogP contribution in [0.4, 0.5) is 0 Å². The zero-order valence-electron chi connectivity index (χ0n) is 11.7. The largest absolute Gasteiger partial charge is 0.497 e. The normalized spacial score (nSPS) is 16.8. The molecule has 0 atom stereocenters. The van der Waals surface area contributed by atoms with Crippen molar-refractivity contribution in [3.8, 4) is 5.75 Å². The van der Waals surface area contributed by atoms with Crippen LogP contribution in [0, 0.1) is 13.8 Å². The van der Waals surface area contributed by atoms with Crippen LogP contribution in [-0.2, 0) is 10.0 Å². The molecule has 1 saturated carbocycles. The van der Waals surface area contributed by atoms with Gasteiger partial charge in [-0.25, -0.2) is 13.1 Å². The first kappa shape index (κ1) is 14.3. The third-order valence-corrected chi connectivity index (χ3v) is 5.44. The highest BCUT2D eigenvalue weighted by atomic mass is 32.2. The number of methoxy groups -OCH3 is 1. The highest BCUT2D eigenvalue weighted by Gasteiger charge is 2.25. The molecule has 5 heteroatoms. The standard InChI is InChI=1S/C14H21NO3S/c1-10-8-13(18-3)9-11(2)14(10)19(16,17)15-12-6-4-5-7-12/h8-9,12,15H,4-7H2,1-3H3. The maximum atomic E-state index is 12.5. The summed E-state index contributed by atoms with van der Waals surface area (Å²) >= 11 is 0. The summed E-state index contributed by atoms with van der Waals surface area (Å²) in [5, 5.41) is 0. The van der Waals surface area contributed by atoms with Crippen LogP contribution in [0.1, 0.15) is 36.8 Å². The van der Waals surface area contributed by atoms with Gasteiger partial charge in [0.25, 0.3) is 0 Å². The van der Waals surface area contributed by atoms with Crippen molar-refractivity contribution >= 4 is 10.0 Å². The quantitative estimate of drug-likeness (QED) is 0.924. The molecule has 1 N–H and O–H groups in total. The first-order valence-corrected chi connectivity index (χ1v) is 8.10. The maximum absolute atomic E-state index is 12.5. The number of nitrogens with one attached hydrogen (secondary N) is 1. The Morgan fingerprint density at radius 2 is 1.68 bits per heavy atom. The van der Waals surface area contributed by atoms with Gasteiger partial charge in [0.15, 0.2) is 0 Å². The minimum Gasteiger partial charge on any atom is -0.497 e. The van der Waals surface area contributed by atoms with E-state index < -0.39 is 10.0 Å². The van der Waals surface area contributed by atoms with Gasteiger partial charge in [-0.1, -0.05) is 12.8 Å². The zero-order chi connectivity index (χ0) is 14.0. The Balaban J connectivity index is 2.34. The molecule has 2 rings (SSSR count). The molecule has 0 unspecified atom stereocenters. The number of hydrogen-bond acceptors (Lipinski definition) is 3. The lowest BCUT2D eigenvalue weighted by Gasteiger charge is -2.16. The third kappa shape index (κ3) is 3.09. The van der Waals surface area contributed by atoms with Crippen LogP contribution >= 0.6 is 0 Å². The minimum absolute atomic E-state index is 0.0888. The van der Waals surface area contributed by atoms with Crippen molar-refractivity contribution in [1.82, 2.24) is 4.72 Å². The van der Waals surface area contributed by atoms with Gasteiger partial charge in [0, 0.05) is 6.04 Å². The molecule has 1 fully saturated rings. The van der Waals surface area contributed by atoms with E-state index in [1.165, 1.54) is 0 Å². The Bertz CT molecular complexity index is 537. The SMILES string of the molecule is COc1cc(C)c(S(=O)(=O)NC2CCCC2)c(C)c1. The van der Waals surface area contributed by atoms with Gasteiger partial charge in [0.05, 0.1) is 12.0 Å². The summed E-state index contributed by atoms with van der Waals surface area (Å²) in [6.45, 7) is 3.61. The average molecular weight is 283 g/mol. The van der Waals surface area contributed by atoms with Gasteiger partial charge in [-0.3, -0.25) is 0 Å². The van der Waals surface area contributed by atoms with Crippen LogP contribution < -0.4 is 9.46 Å². The van der Waals surface area contributed by atoms with Crippen molar-refractivity contribution in [1.29, 1.82) is 0 Å². The number of rotatable bonds is 4. The number of sulfonamides is 1. The predicted molar refractivity (Wildman–Crippen MR) is 75.0 cm³/mol. The van der Waals surface area contributed by atoms with E-state index in [-0.39, 0.29) is 6.04 Å². The van der Waals surface area contributed by atoms with Crippen LogP contribution in [0.2, 0.25) is 0 Å². The molecule has 19 heavy (non-hydrogen) atoms. The van der Waals surface area contributed by atoms with E-state index in [9.17, 15) is 8.42 Å². The van der Waals surface area contributed by atoms with E-state index in [1.54, 1.807) is 33.1 Å². The highest BCUT2D eigenvalue weighted by Crippen LogP contribution is 2.27. The van der Waals surface area contributed by atoms with Gasteiger partial charge < -0.3 is 4.74 Å². The summed E-state index contributed by atoms with van der Waals surface area (Å²) in [5.74, 6) is 0.690. The summed E-state index contributed by atoms with van der Waals surface area (Å²) in [6.07, 6.45) is 4.09. The lowest BCUT2D eigenvalue weighted by Crippen LogP contribution is -2.33. The molecule has 0 radical (unpaired) electrons. The lowest BCUT2D eigenvalue weighted by atomic mass is 10.1. The molecule has 1 aromatic rings. The number of ether oxygens (including phenoxy) is 1. The first-order valence-electron chi connectivity index (χ1n) is 6.61. The van der Waals surface area contributed by atoms with Crippen molar-refractivity contribution in [2.45, 2.75) is 50.5 Å². The van der Waals surface area contributed by atoms with Gasteiger partial charge in [-0.15, -0.1) is 0 Å². The fourth-order valence-electron chi connectivity index (χ4n) is 2.77. The second-order valence-electron chi connectivity index (χ2n) is 5.19. The smallest absolute Gasteiger partial charge is 0.241 e. The minimum atomic E-state index is -3.44. The third-order valence-electron chi connectivity index (χ3n) is 3.62. The van der Waals surface area contributed by atoms with E-state index in [4.69, 9.17) is 4.74 Å². The Kier molecular flexibility index (Phi) is 4.16. The summed E-state index contributed by atoms with van der Waals surface area (Å²) in [6, 6.07) is 3.61. The van der Waals surface area contributed by atoms with Crippen molar-refractivity contribution < 1.29 is 13.2 Å². The fraction of sp³-hybridized carbons (Fsp3) is 0.571. The van der Waals surface area contributed by atoms with Crippen LogP contribution in [0.5, 0.6) is 5.75 Å². The number of aryl methyl sites for hydroxylation is 2. The van der Waals surface area contributed by atoms with Crippen molar-refractivity contribution in [3.63, 3.8) is 0 Å². The van der Waals surface area contributed by atoms with Gasteiger partial charge in [0.2, 0.25) is 10.0 Å². The molecule has 1 aromatic carbocycles. The fourth-order valence-corrected chi connectivity index (χ4v) is 4.53.